The Labute approximate surface area is 160 Å². The van der Waals surface area contributed by atoms with Gasteiger partial charge < -0.3 is 14.7 Å². The van der Waals surface area contributed by atoms with Gasteiger partial charge in [-0.05, 0) is 24.1 Å². The van der Waals surface area contributed by atoms with Gasteiger partial charge in [0.1, 0.15) is 0 Å². The molecule has 0 aromatic heterocycles. The lowest BCUT2D eigenvalue weighted by Gasteiger charge is -2.24. The van der Waals surface area contributed by atoms with Crippen molar-refractivity contribution < 1.29 is 18.0 Å². The van der Waals surface area contributed by atoms with E-state index >= 15 is 0 Å². The summed E-state index contributed by atoms with van der Waals surface area (Å²) >= 11 is 0. The molecule has 7 nitrogen and oxygen atoms in total. The molecule has 1 aromatic carbocycles. The molecule has 2 atom stereocenters. The first-order valence-electron chi connectivity index (χ1n) is 9.17. The molecule has 0 bridgehead atoms. The summed E-state index contributed by atoms with van der Waals surface area (Å²) < 4.78 is 23.4. The summed E-state index contributed by atoms with van der Waals surface area (Å²) in [7, 11) is 2.64. The van der Waals surface area contributed by atoms with Crippen LogP contribution in [0.25, 0.3) is 0 Å². The number of sulfone groups is 1. The molecule has 2 saturated heterocycles. The highest BCUT2D eigenvalue weighted by Gasteiger charge is 2.42. The van der Waals surface area contributed by atoms with E-state index < -0.39 is 15.8 Å². The van der Waals surface area contributed by atoms with Crippen LogP contribution in [0.1, 0.15) is 18.4 Å². The molecule has 0 unspecified atom stereocenters. The van der Waals surface area contributed by atoms with Crippen LogP contribution in [0.3, 0.4) is 0 Å². The molecule has 2 heterocycles. The molecular formula is C19H27N3O4S. The maximum absolute atomic E-state index is 12.8. The lowest BCUT2D eigenvalue weighted by Crippen LogP contribution is -2.39. The first kappa shape index (κ1) is 19.7. The monoisotopic (exact) mass is 393 g/mol. The third kappa shape index (κ3) is 4.43. The lowest BCUT2D eigenvalue weighted by atomic mass is 10.1. The highest BCUT2D eigenvalue weighted by molar-refractivity contribution is 7.91. The molecule has 148 valence electrons. The Kier molecular flexibility index (Phi) is 5.46. The van der Waals surface area contributed by atoms with Crippen molar-refractivity contribution in [2.75, 3.05) is 44.1 Å². The van der Waals surface area contributed by atoms with Crippen LogP contribution in [0.15, 0.2) is 24.3 Å². The van der Waals surface area contributed by atoms with Gasteiger partial charge in [0.2, 0.25) is 11.8 Å². The van der Waals surface area contributed by atoms with E-state index in [-0.39, 0.29) is 35.8 Å². The zero-order chi connectivity index (χ0) is 19.8. The summed E-state index contributed by atoms with van der Waals surface area (Å²) in [4.78, 5) is 30.4. The molecule has 2 aliphatic rings. The molecule has 2 fully saturated rings. The average molecular weight is 394 g/mol. The minimum Gasteiger partial charge on any atom is -0.378 e. The molecule has 27 heavy (non-hydrogen) atoms. The van der Waals surface area contributed by atoms with Crippen LogP contribution in [0.5, 0.6) is 0 Å². The normalized spacial score (nSPS) is 24.3. The number of rotatable bonds is 5. The van der Waals surface area contributed by atoms with Crippen LogP contribution in [-0.4, -0.2) is 75.3 Å². The predicted molar refractivity (Wildman–Crippen MR) is 104 cm³/mol. The van der Waals surface area contributed by atoms with E-state index in [1.54, 1.807) is 16.8 Å². The summed E-state index contributed by atoms with van der Waals surface area (Å²) in [5, 5.41) is 0. The Morgan fingerprint density at radius 2 is 1.85 bits per heavy atom. The highest BCUT2D eigenvalue weighted by atomic mass is 32.2. The molecule has 0 N–H and O–H groups in total. The number of hydrogen-bond donors (Lipinski definition) is 0. The summed E-state index contributed by atoms with van der Waals surface area (Å²) in [6.45, 7) is 0.802. The molecule has 0 saturated carbocycles. The highest BCUT2D eigenvalue weighted by Crippen LogP contribution is 2.27. The Hall–Kier alpha value is -2.09. The molecule has 3 rings (SSSR count). The second kappa shape index (κ2) is 7.50. The number of benzene rings is 1. The second-order valence-corrected chi connectivity index (χ2v) is 9.99. The van der Waals surface area contributed by atoms with Gasteiger partial charge in [0.15, 0.2) is 9.84 Å². The van der Waals surface area contributed by atoms with Gasteiger partial charge >= 0.3 is 0 Å². The first-order valence-corrected chi connectivity index (χ1v) is 11.0. The number of likely N-dealkylation sites (tertiary alicyclic amines) is 1. The minimum absolute atomic E-state index is 0.0215. The number of amides is 2. The summed E-state index contributed by atoms with van der Waals surface area (Å²) in [6, 6.07) is 7.73. The Balaban J connectivity index is 1.59. The zero-order valence-electron chi connectivity index (χ0n) is 16.1. The number of hydrogen-bond acceptors (Lipinski definition) is 5. The maximum atomic E-state index is 12.8. The van der Waals surface area contributed by atoms with Gasteiger partial charge in [-0.2, -0.15) is 0 Å². The number of anilines is 1. The minimum atomic E-state index is -3.05. The lowest BCUT2D eigenvalue weighted by molar-refractivity contribution is -0.135. The smallest absolute Gasteiger partial charge is 0.228 e. The van der Waals surface area contributed by atoms with Gasteiger partial charge in [0.05, 0.1) is 17.4 Å². The van der Waals surface area contributed by atoms with E-state index in [1.807, 2.05) is 43.3 Å². The molecule has 8 heteroatoms. The Morgan fingerprint density at radius 1 is 1.19 bits per heavy atom. The van der Waals surface area contributed by atoms with Crippen LogP contribution in [0.2, 0.25) is 0 Å². The fraction of sp³-hybridized carbons (Fsp3) is 0.579. The summed E-state index contributed by atoms with van der Waals surface area (Å²) in [5.41, 5.74) is 2.12. The van der Waals surface area contributed by atoms with Crippen molar-refractivity contribution in [3.05, 3.63) is 29.8 Å². The number of carbonyl (C=O) groups excluding carboxylic acids is 2. The van der Waals surface area contributed by atoms with Gasteiger partial charge in [-0.3, -0.25) is 9.59 Å². The van der Waals surface area contributed by atoms with Crippen LogP contribution >= 0.6 is 0 Å². The molecule has 0 aliphatic carbocycles. The van der Waals surface area contributed by atoms with Crippen molar-refractivity contribution in [2.45, 2.75) is 25.4 Å². The third-order valence-corrected chi connectivity index (χ3v) is 7.16. The maximum Gasteiger partial charge on any atom is 0.228 e. The van der Waals surface area contributed by atoms with Crippen molar-refractivity contribution in [3.8, 4) is 0 Å². The van der Waals surface area contributed by atoms with Crippen molar-refractivity contribution >= 4 is 27.3 Å². The summed E-state index contributed by atoms with van der Waals surface area (Å²) in [5.74, 6) is -0.425. The second-order valence-electron chi connectivity index (χ2n) is 7.76. The van der Waals surface area contributed by atoms with Crippen molar-refractivity contribution in [3.63, 3.8) is 0 Å². The van der Waals surface area contributed by atoms with Crippen LogP contribution in [-0.2, 0) is 26.0 Å². The van der Waals surface area contributed by atoms with Crippen LogP contribution in [0.4, 0.5) is 5.69 Å². The summed E-state index contributed by atoms with van der Waals surface area (Å²) in [6.07, 6.45) is 0.641. The van der Waals surface area contributed by atoms with Crippen LogP contribution < -0.4 is 4.90 Å². The average Bonchev–Trinajstić information content (AvgIpc) is 3.16. The van der Waals surface area contributed by atoms with Crippen molar-refractivity contribution in [1.29, 1.82) is 0 Å². The first-order chi connectivity index (χ1) is 12.7. The Morgan fingerprint density at radius 3 is 2.41 bits per heavy atom. The van der Waals surface area contributed by atoms with E-state index in [1.165, 1.54) is 0 Å². The number of nitrogens with zero attached hydrogens (tertiary/aromatic N) is 3. The fourth-order valence-electron chi connectivity index (χ4n) is 3.83. The standard InChI is InChI=1S/C19H27N3O4S/c1-20(2)16-6-4-14(5-7-16)11-21(3)19(24)15-10-18(23)22(12-15)17-8-9-27(25,26)13-17/h4-7,15,17H,8-13H2,1-3H3/t15-,17+/m1/s1. The van der Waals surface area contributed by atoms with E-state index in [0.717, 1.165) is 11.3 Å². The topological polar surface area (TPSA) is 78.0 Å². The largest absolute Gasteiger partial charge is 0.378 e. The SMILES string of the molecule is CN(Cc1ccc(N(C)C)cc1)C(=O)[C@@H]1CC(=O)N([C@H]2CCS(=O)(=O)C2)C1. The molecule has 2 amide bonds. The quantitative estimate of drug-likeness (QED) is 0.738. The van der Waals surface area contributed by atoms with E-state index in [4.69, 9.17) is 0 Å². The van der Waals surface area contributed by atoms with Gasteiger partial charge in [0, 0.05) is 52.4 Å². The fourth-order valence-corrected chi connectivity index (χ4v) is 5.56. The van der Waals surface area contributed by atoms with Gasteiger partial charge in [0.25, 0.3) is 0 Å². The van der Waals surface area contributed by atoms with Gasteiger partial charge in [-0.1, -0.05) is 12.1 Å². The predicted octanol–water partition coefficient (Wildman–Crippen LogP) is 0.747. The third-order valence-electron chi connectivity index (χ3n) is 5.41. The van der Waals surface area contributed by atoms with E-state index in [0.29, 0.717) is 19.5 Å². The number of carbonyl (C=O) groups is 2. The van der Waals surface area contributed by atoms with Crippen molar-refractivity contribution in [2.24, 2.45) is 5.92 Å². The molecule has 1 aromatic rings. The van der Waals surface area contributed by atoms with Crippen molar-refractivity contribution in [1.82, 2.24) is 9.80 Å². The van der Waals surface area contributed by atoms with Gasteiger partial charge in [-0.15, -0.1) is 0 Å². The molecule has 0 spiro atoms. The Bertz CT molecular complexity index is 820. The van der Waals surface area contributed by atoms with Gasteiger partial charge in [-0.25, -0.2) is 8.42 Å². The molecular weight excluding hydrogens is 366 g/mol. The zero-order valence-corrected chi connectivity index (χ0v) is 16.9. The molecule has 2 aliphatic heterocycles. The van der Waals surface area contributed by atoms with E-state index in [2.05, 4.69) is 0 Å². The van der Waals surface area contributed by atoms with E-state index in [9.17, 15) is 18.0 Å². The molecule has 0 radical (unpaired) electrons. The van der Waals surface area contributed by atoms with Crippen LogP contribution in [0, 0.1) is 5.92 Å².